The molecule has 1 aromatic heterocycles. The molecule has 0 radical (unpaired) electrons. The van der Waals surface area contributed by atoms with Crippen LogP contribution in [0.25, 0.3) is 0 Å². The van der Waals surface area contributed by atoms with Crippen molar-refractivity contribution in [3.63, 3.8) is 0 Å². The molecule has 4 heteroatoms. The van der Waals surface area contributed by atoms with Crippen molar-refractivity contribution in [2.24, 2.45) is 0 Å². The van der Waals surface area contributed by atoms with Crippen LogP contribution in [0.5, 0.6) is 0 Å². The van der Waals surface area contributed by atoms with Gasteiger partial charge in [-0.25, -0.2) is 0 Å². The lowest BCUT2D eigenvalue weighted by Crippen LogP contribution is -2.43. The third-order valence-electron chi connectivity index (χ3n) is 3.54. The summed E-state index contributed by atoms with van der Waals surface area (Å²) in [7, 11) is 0. The van der Waals surface area contributed by atoms with Crippen LogP contribution in [0.3, 0.4) is 0 Å². The smallest absolute Gasteiger partial charge is 0.234 e. The summed E-state index contributed by atoms with van der Waals surface area (Å²) in [5, 5.41) is 7.50. The van der Waals surface area contributed by atoms with Crippen molar-refractivity contribution in [1.82, 2.24) is 15.5 Å². The Balaban J connectivity index is 2.18. The fraction of sp³-hybridized carbons (Fsp3) is 0.833. The van der Waals surface area contributed by atoms with Crippen molar-refractivity contribution >= 4 is 0 Å². The Hall–Kier alpha value is -0.900. The quantitative estimate of drug-likeness (QED) is 0.848. The first-order valence-corrected chi connectivity index (χ1v) is 6.34. The first-order valence-electron chi connectivity index (χ1n) is 6.34. The first-order chi connectivity index (χ1) is 7.80. The van der Waals surface area contributed by atoms with E-state index in [4.69, 9.17) is 4.52 Å². The summed E-state index contributed by atoms with van der Waals surface area (Å²) in [6, 6.07) is 0. The molecule has 90 valence electrons. The Morgan fingerprint density at radius 1 is 1.44 bits per heavy atom. The molecule has 1 aromatic rings. The molecule has 1 atom stereocenters. The topological polar surface area (TPSA) is 51.0 Å². The maximum atomic E-state index is 5.45. The van der Waals surface area contributed by atoms with E-state index in [1.807, 2.05) is 0 Å². The first kappa shape index (κ1) is 11.6. The molecule has 0 bridgehead atoms. The number of nitrogens with one attached hydrogen (secondary N) is 1. The molecule has 1 fully saturated rings. The molecule has 1 unspecified atom stereocenters. The molecular weight excluding hydrogens is 202 g/mol. The Labute approximate surface area is 96.8 Å². The monoisotopic (exact) mass is 223 g/mol. The van der Waals surface area contributed by atoms with Gasteiger partial charge in [0.15, 0.2) is 5.82 Å². The van der Waals surface area contributed by atoms with Crippen LogP contribution in [0, 0.1) is 0 Å². The summed E-state index contributed by atoms with van der Waals surface area (Å²) < 4.78 is 5.45. The van der Waals surface area contributed by atoms with E-state index in [0.29, 0.717) is 0 Å². The van der Waals surface area contributed by atoms with Crippen LogP contribution in [0.1, 0.15) is 51.2 Å². The van der Waals surface area contributed by atoms with Gasteiger partial charge in [0.25, 0.3) is 0 Å². The van der Waals surface area contributed by atoms with Crippen LogP contribution in [0.15, 0.2) is 4.52 Å². The average Bonchev–Trinajstić information content (AvgIpc) is 2.80. The van der Waals surface area contributed by atoms with Crippen LogP contribution in [-0.4, -0.2) is 23.2 Å². The summed E-state index contributed by atoms with van der Waals surface area (Å²) in [6.07, 6.45) is 5.39. The molecule has 0 amide bonds. The SMILES string of the molecule is CCCc1noc(C2(CC)CCCNC2)n1. The minimum Gasteiger partial charge on any atom is -0.339 e. The number of piperidine rings is 1. The minimum absolute atomic E-state index is 0.0806. The van der Waals surface area contributed by atoms with Crippen LogP contribution in [0.4, 0.5) is 0 Å². The second kappa shape index (κ2) is 4.95. The number of aryl methyl sites for hydroxylation is 1. The van der Waals surface area contributed by atoms with Gasteiger partial charge >= 0.3 is 0 Å². The molecule has 0 aromatic carbocycles. The molecule has 2 rings (SSSR count). The zero-order chi connectivity index (χ0) is 11.4. The fourth-order valence-corrected chi connectivity index (χ4v) is 2.40. The second-order valence-corrected chi connectivity index (χ2v) is 4.68. The van der Waals surface area contributed by atoms with E-state index >= 15 is 0 Å². The van der Waals surface area contributed by atoms with Gasteiger partial charge in [-0.15, -0.1) is 0 Å². The standard InChI is InChI=1S/C12H21N3O/c1-3-6-10-14-11(16-15-10)12(4-2)7-5-8-13-9-12/h13H,3-9H2,1-2H3. The average molecular weight is 223 g/mol. The molecule has 0 aliphatic carbocycles. The van der Waals surface area contributed by atoms with E-state index in [9.17, 15) is 0 Å². The molecule has 1 aliphatic rings. The molecule has 0 saturated carbocycles. The van der Waals surface area contributed by atoms with Crippen molar-refractivity contribution in [2.45, 2.75) is 51.4 Å². The Kier molecular flexibility index (Phi) is 3.59. The number of hydrogen-bond donors (Lipinski definition) is 1. The Morgan fingerprint density at radius 2 is 2.31 bits per heavy atom. The van der Waals surface area contributed by atoms with E-state index in [1.165, 1.54) is 6.42 Å². The lowest BCUT2D eigenvalue weighted by Gasteiger charge is -2.33. The van der Waals surface area contributed by atoms with Crippen molar-refractivity contribution < 1.29 is 4.52 Å². The molecule has 1 aliphatic heterocycles. The highest BCUT2D eigenvalue weighted by Gasteiger charge is 2.37. The molecule has 1 N–H and O–H groups in total. The lowest BCUT2D eigenvalue weighted by molar-refractivity contribution is 0.220. The van der Waals surface area contributed by atoms with E-state index in [-0.39, 0.29) is 5.41 Å². The Bertz CT molecular complexity index is 329. The van der Waals surface area contributed by atoms with E-state index in [0.717, 1.165) is 50.5 Å². The summed E-state index contributed by atoms with van der Waals surface area (Å²) in [5.74, 6) is 1.70. The van der Waals surface area contributed by atoms with Crippen LogP contribution in [0.2, 0.25) is 0 Å². The van der Waals surface area contributed by atoms with Gasteiger partial charge in [-0.05, 0) is 32.2 Å². The molecule has 0 spiro atoms. The van der Waals surface area contributed by atoms with Gasteiger partial charge in [0, 0.05) is 13.0 Å². The maximum absolute atomic E-state index is 5.45. The number of hydrogen-bond acceptors (Lipinski definition) is 4. The number of aromatic nitrogens is 2. The van der Waals surface area contributed by atoms with E-state index in [2.05, 4.69) is 29.3 Å². The van der Waals surface area contributed by atoms with E-state index in [1.54, 1.807) is 0 Å². The predicted octanol–water partition coefficient (Wildman–Crippen LogP) is 2.05. The van der Waals surface area contributed by atoms with Crippen LogP contribution < -0.4 is 5.32 Å². The second-order valence-electron chi connectivity index (χ2n) is 4.68. The van der Waals surface area contributed by atoms with Gasteiger partial charge < -0.3 is 9.84 Å². The van der Waals surface area contributed by atoms with Crippen LogP contribution in [-0.2, 0) is 11.8 Å². The molecule has 4 nitrogen and oxygen atoms in total. The van der Waals surface area contributed by atoms with Crippen molar-refractivity contribution in [1.29, 1.82) is 0 Å². The molecule has 2 heterocycles. The summed E-state index contributed by atoms with van der Waals surface area (Å²) >= 11 is 0. The molecule has 1 saturated heterocycles. The predicted molar refractivity (Wildman–Crippen MR) is 62.4 cm³/mol. The maximum Gasteiger partial charge on any atom is 0.234 e. The van der Waals surface area contributed by atoms with Gasteiger partial charge in [-0.1, -0.05) is 19.0 Å². The lowest BCUT2D eigenvalue weighted by atomic mass is 9.78. The van der Waals surface area contributed by atoms with Gasteiger partial charge in [0.1, 0.15) is 0 Å². The Morgan fingerprint density at radius 3 is 2.94 bits per heavy atom. The summed E-state index contributed by atoms with van der Waals surface area (Å²) in [5.41, 5.74) is 0.0806. The summed E-state index contributed by atoms with van der Waals surface area (Å²) in [4.78, 5) is 4.55. The summed E-state index contributed by atoms with van der Waals surface area (Å²) in [6.45, 7) is 6.42. The third kappa shape index (κ3) is 2.12. The van der Waals surface area contributed by atoms with Crippen molar-refractivity contribution in [2.75, 3.05) is 13.1 Å². The highest BCUT2D eigenvalue weighted by atomic mass is 16.5. The largest absolute Gasteiger partial charge is 0.339 e. The van der Waals surface area contributed by atoms with Gasteiger partial charge in [0.05, 0.1) is 5.41 Å². The zero-order valence-electron chi connectivity index (χ0n) is 10.3. The molecule has 16 heavy (non-hydrogen) atoms. The van der Waals surface area contributed by atoms with Crippen molar-refractivity contribution in [3.05, 3.63) is 11.7 Å². The highest BCUT2D eigenvalue weighted by Crippen LogP contribution is 2.33. The van der Waals surface area contributed by atoms with Gasteiger partial charge in [-0.3, -0.25) is 0 Å². The normalized spacial score (nSPS) is 25.9. The zero-order valence-corrected chi connectivity index (χ0v) is 10.3. The van der Waals surface area contributed by atoms with Gasteiger partial charge in [0.2, 0.25) is 5.89 Å². The third-order valence-corrected chi connectivity index (χ3v) is 3.54. The van der Waals surface area contributed by atoms with Crippen LogP contribution >= 0.6 is 0 Å². The van der Waals surface area contributed by atoms with Gasteiger partial charge in [-0.2, -0.15) is 4.98 Å². The minimum atomic E-state index is 0.0806. The fourth-order valence-electron chi connectivity index (χ4n) is 2.40. The highest BCUT2D eigenvalue weighted by molar-refractivity contribution is 5.08. The molecular formula is C12H21N3O. The number of rotatable bonds is 4. The van der Waals surface area contributed by atoms with E-state index < -0.39 is 0 Å². The number of nitrogens with zero attached hydrogens (tertiary/aromatic N) is 2. The van der Waals surface area contributed by atoms with Crippen molar-refractivity contribution in [3.8, 4) is 0 Å².